The number of halogens is 5. The van der Waals surface area contributed by atoms with Gasteiger partial charge in [0, 0.05) is 31.3 Å². The number of hydrogen-bond donors (Lipinski definition) is 0. The molecule has 37 heavy (non-hydrogen) atoms. The zero-order chi connectivity index (χ0) is 27.1. The predicted molar refractivity (Wildman–Crippen MR) is 131 cm³/mol. The Balaban J connectivity index is 1.90. The van der Waals surface area contributed by atoms with Crippen molar-refractivity contribution in [1.29, 1.82) is 0 Å². The van der Waals surface area contributed by atoms with Crippen LogP contribution in [0.2, 0.25) is 10.0 Å². The van der Waals surface area contributed by atoms with Crippen molar-refractivity contribution in [2.75, 3.05) is 18.1 Å². The number of aryl methyl sites for hydroxylation is 1. The number of sulfonamides is 1. The van der Waals surface area contributed by atoms with E-state index in [1.807, 2.05) is 0 Å². The number of nitrogens with zero attached hydrogens (tertiary/aromatic N) is 4. The fourth-order valence-electron chi connectivity index (χ4n) is 3.69. The van der Waals surface area contributed by atoms with E-state index in [0.29, 0.717) is 21.3 Å². The average Bonchev–Trinajstić information content (AvgIpc) is 3.22. The number of benzene rings is 2. The first-order valence-electron chi connectivity index (χ1n) is 10.4. The predicted octanol–water partition coefficient (Wildman–Crippen LogP) is 5.32. The molecule has 4 rings (SSSR count). The highest BCUT2D eigenvalue weighted by atomic mass is 35.5. The van der Waals surface area contributed by atoms with Gasteiger partial charge in [0.1, 0.15) is 12.4 Å². The average molecular weight is 573 g/mol. The summed E-state index contributed by atoms with van der Waals surface area (Å²) in [7, 11) is -1.85. The standard InChI is InChI=1S/C23H17Cl2F3N4O4S/c1-31-19-5-3-4-15(16(19)11-30-31)22(33)21-20(8-13(24)10-29-21)32(12-36-2)37(34,35)14-6-7-18(25)17(9-14)23(26,27)28/h3-11H,12H2,1-2H3. The quantitative estimate of drug-likeness (QED) is 0.219. The molecule has 2 heterocycles. The van der Waals surface area contributed by atoms with Crippen molar-refractivity contribution in [2.24, 2.45) is 7.05 Å². The van der Waals surface area contributed by atoms with Crippen LogP contribution in [0.1, 0.15) is 21.6 Å². The Hall–Kier alpha value is -3.19. The Morgan fingerprint density at radius 3 is 2.54 bits per heavy atom. The molecule has 0 amide bonds. The Bertz CT molecular complexity index is 1620. The summed E-state index contributed by atoms with van der Waals surface area (Å²) >= 11 is 11.8. The van der Waals surface area contributed by atoms with Crippen molar-refractivity contribution in [3.63, 3.8) is 0 Å². The summed E-state index contributed by atoms with van der Waals surface area (Å²) in [5, 5.41) is 3.94. The second-order valence-electron chi connectivity index (χ2n) is 7.77. The van der Waals surface area contributed by atoms with Crippen molar-refractivity contribution >= 4 is 55.6 Å². The van der Waals surface area contributed by atoms with Crippen LogP contribution in [0.25, 0.3) is 10.9 Å². The van der Waals surface area contributed by atoms with E-state index in [1.54, 1.807) is 23.9 Å². The monoisotopic (exact) mass is 572 g/mol. The number of carbonyl (C=O) groups is 1. The van der Waals surface area contributed by atoms with Crippen LogP contribution in [-0.4, -0.2) is 42.8 Å². The van der Waals surface area contributed by atoms with E-state index in [1.165, 1.54) is 25.4 Å². The lowest BCUT2D eigenvalue weighted by Crippen LogP contribution is -2.34. The Morgan fingerprint density at radius 1 is 1.14 bits per heavy atom. The number of ether oxygens (including phenoxy) is 1. The van der Waals surface area contributed by atoms with Crippen LogP contribution >= 0.6 is 23.2 Å². The summed E-state index contributed by atoms with van der Waals surface area (Å²) in [6.07, 6.45) is -2.27. The minimum atomic E-state index is -4.91. The molecular weight excluding hydrogens is 556 g/mol. The highest BCUT2D eigenvalue weighted by molar-refractivity contribution is 7.92. The van der Waals surface area contributed by atoms with Crippen LogP contribution in [-0.2, 0) is 28.0 Å². The van der Waals surface area contributed by atoms with Gasteiger partial charge in [-0.1, -0.05) is 35.3 Å². The Kier molecular flexibility index (Phi) is 7.21. The van der Waals surface area contributed by atoms with Gasteiger partial charge in [-0.3, -0.25) is 9.48 Å². The molecule has 2 aromatic carbocycles. The van der Waals surface area contributed by atoms with Crippen molar-refractivity contribution in [1.82, 2.24) is 14.8 Å². The lowest BCUT2D eigenvalue weighted by molar-refractivity contribution is -0.137. The van der Waals surface area contributed by atoms with Crippen molar-refractivity contribution in [2.45, 2.75) is 11.1 Å². The molecular formula is C23H17Cl2F3N4O4S. The van der Waals surface area contributed by atoms with Crippen LogP contribution in [0.3, 0.4) is 0 Å². The largest absolute Gasteiger partial charge is 0.417 e. The molecule has 0 aliphatic rings. The van der Waals surface area contributed by atoms with Crippen molar-refractivity contribution in [3.05, 3.63) is 81.7 Å². The third-order valence-corrected chi connectivity index (χ3v) is 7.70. The highest BCUT2D eigenvalue weighted by Gasteiger charge is 2.36. The molecule has 0 N–H and O–H groups in total. The van der Waals surface area contributed by atoms with Gasteiger partial charge in [-0.25, -0.2) is 17.7 Å². The van der Waals surface area contributed by atoms with Gasteiger partial charge < -0.3 is 4.74 Å². The minimum Gasteiger partial charge on any atom is -0.363 e. The minimum absolute atomic E-state index is 0.0190. The molecule has 4 aromatic rings. The van der Waals surface area contributed by atoms with Gasteiger partial charge in [-0.05, 0) is 30.3 Å². The number of rotatable bonds is 7. The number of alkyl halides is 3. The summed E-state index contributed by atoms with van der Waals surface area (Å²) < 4.78 is 74.7. The first-order chi connectivity index (χ1) is 17.4. The summed E-state index contributed by atoms with van der Waals surface area (Å²) in [5.41, 5.74) is -1.11. The number of hydrogen-bond acceptors (Lipinski definition) is 6. The first-order valence-corrected chi connectivity index (χ1v) is 12.5. The second kappa shape index (κ2) is 9.93. The van der Waals surface area contributed by atoms with Crippen LogP contribution in [0.15, 0.2) is 59.8 Å². The molecule has 0 bridgehead atoms. The Labute approximate surface area is 219 Å². The SMILES string of the molecule is COCN(c1cc(Cl)cnc1C(=O)c1cccc2c1cnn2C)S(=O)(=O)c1ccc(Cl)c(C(F)(F)F)c1. The third kappa shape index (κ3) is 5.01. The molecule has 0 radical (unpaired) electrons. The maximum absolute atomic E-state index is 13.6. The topological polar surface area (TPSA) is 94.4 Å². The van der Waals surface area contributed by atoms with E-state index in [2.05, 4.69) is 10.1 Å². The fraction of sp³-hybridized carbons (Fsp3) is 0.174. The highest BCUT2D eigenvalue weighted by Crippen LogP contribution is 2.38. The van der Waals surface area contributed by atoms with Gasteiger partial charge in [-0.15, -0.1) is 0 Å². The normalized spacial score (nSPS) is 12.2. The molecule has 0 aliphatic heterocycles. The number of fused-ring (bicyclic) bond motifs is 1. The fourth-order valence-corrected chi connectivity index (χ4v) is 5.47. The van der Waals surface area contributed by atoms with E-state index in [4.69, 9.17) is 27.9 Å². The van der Waals surface area contributed by atoms with E-state index >= 15 is 0 Å². The first kappa shape index (κ1) is 26.9. The van der Waals surface area contributed by atoms with E-state index < -0.39 is 44.2 Å². The number of aromatic nitrogens is 3. The molecule has 194 valence electrons. The number of ketones is 1. The maximum atomic E-state index is 13.6. The lowest BCUT2D eigenvalue weighted by Gasteiger charge is -2.25. The smallest absolute Gasteiger partial charge is 0.363 e. The molecule has 0 saturated carbocycles. The third-order valence-electron chi connectivity index (χ3n) is 5.43. The molecule has 8 nitrogen and oxygen atoms in total. The van der Waals surface area contributed by atoms with Crippen LogP contribution in [0, 0.1) is 0 Å². The Morgan fingerprint density at radius 2 is 1.86 bits per heavy atom. The zero-order valence-corrected chi connectivity index (χ0v) is 21.5. The van der Waals surface area contributed by atoms with Gasteiger partial charge in [0.2, 0.25) is 5.78 Å². The van der Waals surface area contributed by atoms with Gasteiger partial charge in [-0.2, -0.15) is 18.3 Å². The summed E-state index contributed by atoms with van der Waals surface area (Å²) in [6.45, 7) is -0.661. The molecule has 0 aliphatic carbocycles. The summed E-state index contributed by atoms with van der Waals surface area (Å²) in [5.74, 6) is -0.659. The molecule has 0 unspecified atom stereocenters. The van der Waals surface area contributed by atoms with E-state index in [-0.39, 0.29) is 22.0 Å². The molecule has 2 aromatic heterocycles. The molecule has 0 atom stereocenters. The number of pyridine rings is 1. The van der Waals surface area contributed by atoms with Crippen molar-refractivity contribution in [3.8, 4) is 0 Å². The molecule has 0 saturated heterocycles. The molecule has 0 fully saturated rings. The number of methoxy groups -OCH3 is 1. The second-order valence-corrected chi connectivity index (χ2v) is 10.5. The lowest BCUT2D eigenvalue weighted by atomic mass is 10.0. The van der Waals surface area contributed by atoms with Crippen molar-refractivity contribution < 1.29 is 31.1 Å². The van der Waals surface area contributed by atoms with E-state index in [0.717, 1.165) is 18.3 Å². The molecule has 14 heteroatoms. The van der Waals surface area contributed by atoms with Crippen LogP contribution in [0.5, 0.6) is 0 Å². The molecule has 0 spiro atoms. The maximum Gasteiger partial charge on any atom is 0.417 e. The number of carbonyl (C=O) groups excluding carboxylic acids is 1. The van der Waals surface area contributed by atoms with Crippen LogP contribution in [0.4, 0.5) is 18.9 Å². The summed E-state index contributed by atoms with van der Waals surface area (Å²) in [6, 6.07) is 8.23. The number of anilines is 1. The summed E-state index contributed by atoms with van der Waals surface area (Å²) in [4.78, 5) is 17.0. The van der Waals surface area contributed by atoms with Gasteiger partial charge in [0.05, 0.1) is 37.9 Å². The van der Waals surface area contributed by atoms with Gasteiger partial charge in [0.25, 0.3) is 10.0 Å². The van der Waals surface area contributed by atoms with E-state index in [9.17, 15) is 26.4 Å². The van der Waals surface area contributed by atoms with Gasteiger partial charge >= 0.3 is 6.18 Å². The zero-order valence-electron chi connectivity index (χ0n) is 19.1. The van der Waals surface area contributed by atoms with Crippen LogP contribution < -0.4 is 4.31 Å². The van der Waals surface area contributed by atoms with Gasteiger partial charge in [0.15, 0.2) is 0 Å².